The Morgan fingerprint density at radius 3 is 2.80 bits per heavy atom. The molecule has 2 aliphatic rings. The fourth-order valence-electron chi connectivity index (χ4n) is 4.70. The summed E-state index contributed by atoms with van der Waals surface area (Å²) in [6.07, 6.45) is 13.1. The maximum absolute atomic E-state index is 12.6. The van der Waals surface area contributed by atoms with Crippen LogP contribution in [0.3, 0.4) is 0 Å². The molecule has 30 heavy (non-hydrogen) atoms. The summed E-state index contributed by atoms with van der Waals surface area (Å²) in [7, 11) is 0. The lowest BCUT2D eigenvalue weighted by Crippen LogP contribution is -2.36. The van der Waals surface area contributed by atoms with Crippen LogP contribution in [-0.4, -0.2) is 42.3 Å². The molecule has 2 aliphatic heterocycles. The number of nitrogens with zero attached hydrogens (tertiary/aromatic N) is 6. The quantitative estimate of drug-likeness (QED) is 0.654. The number of pyridine rings is 1. The third-order valence-corrected chi connectivity index (χ3v) is 6.46. The van der Waals surface area contributed by atoms with Crippen molar-refractivity contribution in [3.05, 3.63) is 64.7 Å². The van der Waals surface area contributed by atoms with Crippen LogP contribution in [0.15, 0.2) is 47.9 Å². The lowest BCUT2D eigenvalue weighted by atomic mass is 9.96. The molecule has 0 atom stereocenters. The van der Waals surface area contributed by atoms with E-state index in [0.717, 1.165) is 57.5 Å². The van der Waals surface area contributed by atoms with Crippen LogP contribution in [0.1, 0.15) is 36.9 Å². The summed E-state index contributed by atoms with van der Waals surface area (Å²) in [5, 5.41) is 4.57. The van der Waals surface area contributed by atoms with E-state index in [2.05, 4.69) is 30.8 Å². The molecular weight excluding hydrogens is 376 g/mol. The van der Waals surface area contributed by atoms with Crippen LogP contribution in [-0.2, 0) is 26.1 Å². The molecule has 0 radical (unpaired) electrons. The van der Waals surface area contributed by atoms with Gasteiger partial charge in [-0.2, -0.15) is 5.10 Å². The summed E-state index contributed by atoms with van der Waals surface area (Å²) in [6, 6.07) is 5.40. The Morgan fingerprint density at radius 1 is 1.10 bits per heavy atom. The number of fused-ring (bicyclic) bond motifs is 1. The first-order valence-electron chi connectivity index (χ1n) is 11.0. The normalized spacial score (nSPS) is 17.7. The van der Waals surface area contributed by atoms with E-state index in [-0.39, 0.29) is 5.56 Å². The monoisotopic (exact) mass is 404 g/mol. The van der Waals surface area contributed by atoms with E-state index >= 15 is 0 Å². The second kappa shape index (κ2) is 8.52. The van der Waals surface area contributed by atoms with Gasteiger partial charge in [-0.05, 0) is 63.2 Å². The first kappa shape index (κ1) is 19.2. The van der Waals surface area contributed by atoms with E-state index in [9.17, 15) is 4.79 Å². The number of aryl methyl sites for hydroxylation is 1. The fourth-order valence-corrected chi connectivity index (χ4v) is 4.70. The van der Waals surface area contributed by atoms with Crippen LogP contribution >= 0.6 is 0 Å². The predicted octanol–water partition coefficient (Wildman–Crippen LogP) is 2.75. The van der Waals surface area contributed by atoms with Gasteiger partial charge in [-0.15, -0.1) is 0 Å². The summed E-state index contributed by atoms with van der Waals surface area (Å²) in [4.78, 5) is 23.7. The molecular formula is C23H28N6O. The molecule has 7 nitrogen and oxygen atoms in total. The molecule has 3 aromatic rings. The molecule has 156 valence electrons. The minimum Gasteiger partial charge on any atom is -0.299 e. The molecule has 0 saturated carbocycles. The molecule has 0 unspecified atom stereocenters. The highest BCUT2D eigenvalue weighted by Gasteiger charge is 2.22. The van der Waals surface area contributed by atoms with E-state index < -0.39 is 0 Å². The fraction of sp³-hybridized carbons (Fsp3) is 0.478. The third kappa shape index (κ3) is 4.07. The van der Waals surface area contributed by atoms with Gasteiger partial charge >= 0.3 is 0 Å². The predicted molar refractivity (Wildman–Crippen MR) is 115 cm³/mol. The van der Waals surface area contributed by atoms with Gasteiger partial charge in [0.2, 0.25) is 0 Å². The highest BCUT2D eigenvalue weighted by molar-refractivity contribution is 5.56. The Balaban J connectivity index is 1.18. The highest BCUT2D eigenvalue weighted by atomic mass is 16.1. The smallest absolute Gasteiger partial charge is 0.253 e. The van der Waals surface area contributed by atoms with Crippen LogP contribution in [0.5, 0.6) is 0 Å². The molecule has 5 heterocycles. The number of piperidine rings is 1. The molecule has 0 spiro atoms. The lowest BCUT2D eigenvalue weighted by Gasteiger charge is -2.32. The molecule has 1 saturated heterocycles. The van der Waals surface area contributed by atoms with E-state index in [4.69, 9.17) is 0 Å². The average Bonchev–Trinajstić information content (AvgIpc) is 3.20. The zero-order chi connectivity index (χ0) is 20.3. The number of rotatable bonds is 5. The number of aromatic nitrogens is 5. The Kier molecular flexibility index (Phi) is 5.45. The second-order valence-corrected chi connectivity index (χ2v) is 8.52. The van der Waals surface area contributed by atoms with Crippen LogP contribution in [0, 0.1) is 5.92 Å². The van der Waals surface area contributed by atoms with Crippen molar-refractivity contribution < 1.29 is 0 Å². The second-order valence-electron chi connectivity index (χ2n) is 8.52. The maximum atomic E-state index is 12.6. The van der Waals surface area contributed by atoms with Gasteiger partial charge in [0.1, 0.15) is 0 Å². The summed E-state index contributed by atoms with van der Waals surface area (Å²) < 4.78 is 3.95. The van der Waals surface area contributed by atoms with Crippen molar-refractivity contribution >= 4 is 0 Å². The Hall–Kier alpha value is -2.80. The number of hydrogen-bond acceptors (Lipinski definition) is 5. The summed E-state index contributed by atoms with van der Waals surface area (Å²) in [5.74, 6) is 0.520. The third-order valence-electron chi connectivity index (χ3n) is 6.46. The number of hydrogen-bond donors (Lipinski definition) is 0. The summed E-state index contributed by atoms with van der Waals surface area (Å²) in [6.45, 7) is 4.97. The van der Waals surface area contributed by atoms with E-state index in [1.165, 1.54) is 24.1 Å². The van der Waals surface area contributed by atoms with Crippen LogP contribution in [0.2, 0.25) is 0 Å². The lowest BCUT2D eigenvalue weighted by molar-refractivity contribution is 0.165. The van der Waals surface area contributed by atoms with Gasteiger partial charge in [-0.25, -0.2) is 4.98 Å². The van der Waals surface area contributed by atoms with Gasteiger partial charge in [0.15, 0.2) is 0 Å². The molecule has 0 N–H and O–H groups in total. The van der Waals surface area contributed by atoms with Crippen LogP contribution in [0.4, 0.5) is 0 Å². The van der Waals surface area contributed by atoms with E-state index in [0.29, 0.717) is 11.6 Å². The van der Waals surface area contributed by atoms with Crippen LogP contribution < -0.4 is 5.56 Å². The molecule has 3 aromatic heterocycles. The van der Waals surface area contributed by atoms with E-state index in [1.807, 2.05) is 12.1 Å². The molecule has 0 amide bonds. The topological polar surface area (TPSA) is 68.8 Å². The van der Waals surface area contributed by atoms with Crippen molar-refractivity contribution in [3.8, 4) is 11.3 Å². The SMILES string of the molecule is O=c1cc(-c2cccnc2)ncn1CC1CCN(Cc2cnn3c2CCCC3)CC1. The standard InChI is InChI=1S/C23H28N6O/c30-23-12-21(19-4-3-8-24-13-19)25-17-28(23)15-18-6-10-27(11-7-18)16-20-14-26-29-9-2-1-5-22(20)29/h3-4,8,12-14,17-18H,1-2,5-7,9-11,15-16H2. The van der Waals surface area contributed by atoms with Crippen molar-refractivity contribution in [2.24, 2.45) is 5.92 Å². The molecule has 5 rings (SSSR count). The zero-order valence-electron chi connectivity index (χ0n) is 17.3. The van der Waals surface area contributed by atoms with Gasteiger partial charge in [-0.1, -0.05) is 0 Å². The van der Waals surface area contributed by atoms with Crippen molar-refractivity contribution in [1.82, 2.24) is 29.2 Å². The Morgan fingerprint density at radius 2 is 2.00 bits per heavy atom. The van der Waals surface area contributed by atoms with Crippen molar-refractivity contribution in [2.45, 2.75) is 51.7 Å². The highest BCUT2D eigenvalue weighted by Crippen LogP contribution is 2.24. The van der Waals surface area contributed by atoms with Gasteiger partial charge in [0, 0.05) is 54.9 Å². The average molecular weight is 405 g/mol. The molecule has 7 heteroatoms. The van der Waals surface area contributed by atoms with Gasteiger partial charge < -0.3 is 0 Å². The van der Waals surface area contributed by atoms with Gasteiger partial charge in [0.05, 0.1) is 18.2 Å². The largest absolute Gasteiger partial charge is 0.299 e. The van der Waals surface area contributed by atoms with Gasteiger partial charge in [0.25, 0.3) is 5.56 Å². The van der Waals surface area contributed by atoms with Crippen molar-refractivity contribution in [3.63, 3.8) is 0 Å². The molecule has 0 bridgehead atoms. The first-order chi connectivity index (χ1) is 14.8. The summed E-state index contributed by atoms with van der Waals surface area (Å²) in [5.41, 5.74) is 4.41. The maximum Gasteiger partial charge on any atom is 0.253 e. The minimum atomic E-state index is 0.0118. The molecule has 0 aliphatic carbocycles. The molecule has 1 fully saturated rings. The zero-order valence-corrected chi connectivity index (χ0v) is 17.3. The minimum absolute atomic E-state index is 0.0118. The summed E-state index contributed by atoms with van der Waals surface area (Å²) >= 11 is 0. The van der Waals surface area contributed by atoms with Crippen molar-refractivity contribution in [2.75, 3.05) is 13.1 Å². The Labute approximate surface area is 176 Å². The van der Waals surface area contributed by atoms with Crippen LogP contribution in [0.25, 0.3) is 11.3 Å². The molecule has 0 aromatic carbocycles. The Bertz CT molecular complexity index is 1050. The van der Waals surface area contributed by atoms with Crippen molar-refractivity contribution in [1.29, 1.82) is 0 Å². The van der Waals surface area contributed by atoms with Gasteiger partial charge in [-0.3, -0.25) is 23.9 Å². The first-order valence-corrected chi connectivity index (χ1v) is 11.0. The number of likely N-dealkylation sites (tertiary alicyclic amines) is 1. The van der Waals surface area contributed by atoms with E-state index in [1.54, 1.807) is 29.4 Å².